The number of nitrogens with one attached hydrogen (secondary N) is 2. The number of pyridine rings is 1. The summed E-state index contributed by atoms with van der Waals surface area (Å²) in [5, 5.41) is 6.45. The van der Waals surface area contributed by atoms with Crippen LogP contribution in [0.2, 0.25) is 0 Å². The smallest absolute Gasteiger partial charge is 0.356 e. The number of hydrogen-bond donors (Lipinski definition) is 2. The van der Waals surface area contributed by atoms with Crippen molar-refractivity contribution in [2.24, 2.45) is 10.9 Å². The third-order valence-corrected chi connectivity index (χ3v) is 4.34. The van der Waals surface area contributed by atoms with Gasteiger partial charge in [0.2, 0.25) is 0 Å². The molecular weight excluding hydrogens is 331 g/mol. The Balaban J connectivity index is 1.61. The molecule has 0 aliphatic carbocycles. The van der Waals surface area contributed by atoms with Crippen LogP contribution in [0.1, 0.15) is 25.0 Å². The average Bonchev–Trinajstić information content (AvgIpc) is 2.59. The summed E-state index contributed by atoms with van der Waals surface area (Å²) in [5.74, 6) is 1.17. The summed E-state index contributed by atoms with van der Waals surface area (Å²) in [7, 11) is 1.71. The van der Waals surface area contributed by atoms with Crippen LogP contribution in [0.4, 0.5) is 13.2 Å². The number of rotatable bonds is 6. The zero-order chi connectivity index (χ0) is 18.1. The Hall–Kier alpha value is -1.83. The molecule has 0 bridgehead atoms. The van der Waals surface area contributed by atoms with Crippen LogP contribution in [0.15, 0.2) is 29.4 Å². The van der Waals surface area contributed by atoms with Crippen LogP contribution in [0.3, 0.4) is 0 Å². The number of alkyl halides is 3. The summed E-state index contributed by atoms with van der Waals surface area (Å²) in [4.78, 5) is 9.91. The van der Waals surface area contributed by atoms with Crippen molar-refractivity contribution in [1.29, 1.82) is 0 Å². The van der Waals surface area contributed by atoms with Gasteiger partial charge in [0.25, 0.3) is 0 Å². The zero-order valence-corrected chi connectivity index (χ0v) is 14.5. The molecule has 2 N–H and O–H groups in total. The Morgan fingerprint density at radius 1 is 1.28 bits per heavy atom. The second-order valence-electron chi connectivity index (χ2n) is 6.30. The zero-order valence-electron chi connectivity index (χ0n) is 14.5. The summed E-state index contributed by atoms with van der Waals surface area (Å²) in [5.41, 5.74) is 0.933. The molecule has 2 heterocycles. The first-order chi connectivity index (χ1) is 12.0. The molecule has 0 radical (unpaired) electrons. The standard InChI is InChI=1S/C17H26F3N5/c1-21-16(24-12-15-4-2-3-8-22-15)23-9-5-14-6-10-25(11-7-14)13-17(18,19)20/h2-4,8,14H,5-7,9-13H2,1H3,(H2,21,23,24). The normalized spacial score (nSPS) is 17.5. The fourth-order valence-corrected chi connectivity index (χ4v) is 2.98. The van der Waals surface area contributed by atoms with Gasteiger partial charge < -0.3 is 10.6 Å². The molecule has 0 unspecified atom stereocenters. The van der Waals surface area contributed by atoms with E-state index in [1.165, 1.54) is 4.90 Å². The van der Waals surface area contributed by atoms with Gasteiger partial charge in [-0.2, -0.15) is 13.2 Å². The van der Waals surface area contributed by atoms with E-state index in [-0.39, 0.29) is 0 Å². The monoisotopic (exact) mass is 357 g/mol. The molecule has 1 aliphatic heterocycles. The van der Waals surface area contributed by atoms with E-state index >= 15 is 0 Å². The minimum absolute atomic E-state index is 0.464. The Morgan fingerprint density at radius 3 is 2.64 bits per heavy atom. The van der Waals surface area contributed by atoms with E-state index in [0.29, 0.717) is 31.5 Å². The summed E-state index contributed by atoms with van der Waals surface area (Å²) in [6, 6.07) is 5.75. The highest BCUT2D eigenvalue weighted by Gasteiger charge is 2.32. The Morgan fingerprint density at radius 2 is 2.04 bits per heavy atom. The molecule has 0 spiro atoms. The van der Waals surface area contributed by atoms with Crippen LogP contribution in [0, 0.1) is 5.92 Å². The lowest BCUT2D eigenvalue weighted by Gasteiger charge is -2.32. The Bertz CT molecular complexity index is 525. The average molecular weight is 357 g/mol. The number of halogens is 3. The molecule has 0 atom stereocenters. The molecule has 1 fully saturated rings. The van der Waals surface area contributed by atoms with Gasteiger partial charge in [-0.25, -0.2) is 0 Å². The van der Waals surface area contributed by atoms with Crippen LogP contribution in [-0.2, 0) is 6.54 Å². The minimum Gasteiger partial charge on any atom is -0.356 e. The molecule has 0 saturated carbocycles. The van der Waals surface area contributed by atoms with Crippen molar-refractivity contribution in [3.8, 4) is 0 Å². The first-order valence-electron chi connectivity index (χ1n) is 8.60. The highest BCUT2D eigenvalue weighted by atomic mass is 19.4. The van der Waals surface area contributed by atoms with Crippen molar-refractivity contribution in [2.75, 3.05) is 33.2 Å². The van der Waals surface area contributed by atoms with Gasteiger partial charge in [-0.3, -0.25) is 14.9 Å². The van der Waals surface area contributed by atoms with Gasteiger partial charge in [-0.1, -0.05) is 6.07 Å². The van der Waals surface area contributed by atoms with E-state index in [2.05, 4.69) is 20.6 Å². The molecule has 1 aromatic rings. The molecule has 1 saturated heterocycles. The van der Waals surface area contributed by atoms with Gasteiger partial charge in [0.1, 0.15) is 0 Å². The van der Waals surface area contributed by atoms with E-state index < -0.39 is 12.7 Å². The summed E-state index contributed by atoms with van der Waals surface area (Å²) in [6.45, 7) is 1.61. The van der Waals surface area contributed by atoms with Gasteiger partial charge in [0, 0.05) is 19.8 Å². The van der Waals surface area contributed by atoms with E-state index in [4.69, 9.17) is 0 Å². The molecule has 0 aromatic carbocycles. The molecular formula is C17H26F3N5. The van der Waals surface area contributed by atoms with Crippen molar-refractivity contribution in [3.63, 3.8) is 0 Å². The molecule has 1 aromatic heterocycles. The molecule has 5 nitrogen and oxygen atoms in total. The largest absolute Gasteiger partial charge is 0.401 e. The predicted molar refractivity (Wildman–Crippen MR) is 92.3 cm³/mol. The first-order valence-corrected chi connectivity index (χ1v) is 8.60. The molecule has 8 heteroatoms. The minimum atomic E-state index is -4.10. The lowest BCUT2D eigenvalue weighted by Crippen LogP contribution is -2.41. The summed E-state index contributed by atoms with van der Waals surface area (Å²) in [6.07, 6.45) is 0.220. The van der Waals surface area contributed by atoms with Gasteiger partial charge in [0.15, 0.2) is 5.96 Å². The van der Waals surface area contributed by atoms with Crippen LogP contribution < -0.4 is 10.6 Å². The quantitative estimate of drug-likeness (QED) is 0.606. The Kier molecular flexibility index (Phi) is 7.49. The third kappa shape index (κ3) is 7.72. The number of hydrogen-bond acceptors (Lipinski definition) is 3. The van der Waals surface area contributed by atoms with Gasteiger partial charge in [-0.05, 0) is 50.4 Å². The fourth-order valence-electron chi connectivity index (χ4n) is 2.98. The maximum Gasteiger partial charge on any atom is 0.401 e. The lowest BCUT2D eigenvalue weighted by atomic mass is 9.93. The fraction of sp³-hybridized carbons (Fsp3) is 0.647. The van der Waals surface area contributed by atoms with E-state index in [0.717, 1.165) is 31.5 Å². The number of aromatic nitrogens is 1. The van der Waals surface area contributed by atoms with Crippen LogP contribution in [0.25, 0.3) is 0 Å². The van der Waals surface area contributed by atoms with Gasteiger partial charge in [0.05, 0.1) is 18.8 Å². The Labute approximate surface area is 146 Å². The predicted octanol–water partition coefficient (Wildman–Crippen LogP) is 2.41. The number of likely N-dealkylation sites (tertiary alicyclic amines) is 1. The second-order valence-corrected chi connectivity index (χ2v) is 6.30. The lowest BCUT2D eigenvalue weighted by molar-refractivity contribution is -0.148. The number of guanidine groups is 1. The molecule has 1 aliphatic rings. The van der Waals surface area contributed by atoms with E-state index in [1.807, 2.05) is 18.2 Å². The number of piperidine rings is 1. The topological polar surface area (TPSA) is 52.6 Å². The van der Waals surface area contributed by atoms with Crippen LogP contribution in [-0.4, -0.2) is 55.2 Å². The van der Waals surface area contributed by atoms with Crippen LogP contribution >= 0.6 is 0 Å². The van der Waals surface area contributed by atoms with Gasteiger partial charge >= 0.3 is 6.18 Å². The molecule has 25 heavy (non-hydrogen) atoms. The first kappa shape index (κ1) is 19.5. The summed E-state index contributed by atoms with van der Waals surface area (Å²) >= 11 is 0. The molecule has 2 rings (SSSR count). The molecule has 0 amide bonds. The van der Waals surface area contributed by atoms with Crippen molar-refractivity contribution < 1.29 is 13.2 Å². The maximum absolute atomic E-state index is 12.4. The maximum atomic E-state index is 12.4. The number of nitrogens with zero attached hydrogens (tertiary/aromatic N) is 3. The second kappa shape index (κ2) is 9.60. The van der Waals surface area contributed by atoms with Crippen molar-refractivity contribution in [1.82, 2.24) is 20.5 Å². The SMILES string of the molecule is CN=C(NCCC1CCN(CC(F)(F)F)CC1)NCc1ccccn1. The van der Waals surface area contributed by atoms with Gasteiger partial charge in [-0.15, -0.1) is 0 Å². The highest BCUT2D eigenvalue weighted by Crippen LogP contribution is 2.23. The summed E-state index contributed by atoms with van der Waals surface area (Å²) < 4.78 is 37.2. The third-order valence-electron chi connectivity index (χ3n) is 4.34. The van der Waals surface area contributed by atoms with Crippen molar-refractivity contribution in [2.45, 2.75) is 32.0 Å². The van der Waals surface area contributed by atoms with Crippen molar-refractivity contribution >= 4 is 5.96 Å². The van der Waals surface area contributed by atoms with E-state index in [1.54, 1.807) is 13.2 Å². The number of aliphatic imine (C=N–C) groups is 1. The van der Waals surface area contributed by atoms with E-state index in [9.17, 15) is 13.2 Å². The highest BCUT2D eigenvalue weighted by molar-refractivity contribution is 5.79. The molecule has 140 valence electrons. The van der Waals surface area contributed by atoms with Crippen molar-refractivity contribution in [3.05, 3.63) is 30.1 Å². The van der Waals surface area contributed by atoms with Crippen LogP contribution in [0.5, 0.6) is 0 Å².